The molecule has 0 bridgehead atoms. The second-order valence-electron chi connectivity index (χ2n) is 5.13. The molecule has 2 atom stereocenters. The van der Waals surface area contributed by atoms with Crippen LogP contribution in [0.1, 0.15) is 34.9 Å². The van der Waals surface area contributed by atoms with Gasteiger partial charge >= 0.3 is 0 Å². The number of hydrogen-bond acceptors (Lipinski definition) is 1. The molecule has 2 aromatic rings. The van der Waals surface area contributed by atoms with Gasteiger partial charge in [-0.15, -0.1) is 0 Å². The smallest absolute Gasteiger partial charge is 0.118 e. The summed E-state index contributed by atoms with van der Waals surface area (Å²) in [7, 11) is 1.71. The molecular formula is C17H18O. The molecule has 92 valence electrons. The summed E-state index contributed by atoms with van der Waals surface area (Å²) in [5, 5.41) is 0. The normalized spacial score (nSPS) is 21.7. The van der Waals surface area contributed by atoms with E-state index < -0.39 is 0 Å². The van der Waals surface area contributed by atoms with Crippen LogP contribution in [0.2, 0.25) is 0 Å². The SMILES string of the molecule is COc1ccc([C@H]2C[C@@H]2c2ccc(C)cc2)cc1. The van der Waals surface area contributed by atoms with E-state index in [0.29, 0.717) is 11.8 Å². The molecule has 0 radical (unpaired) electrons. The second-order valence-corrected chi connectivity index (χ2v) is 5.13. The summed E-state index contributed by atoms with van der Waals surface area (Å²) in [6.45, 7) is 2.14. The minimum atomic E-state index is 0.693. The maximum absolute atomic E-state index is 5.19. The Morgan fingerprint density at radius 1 is 0.833 bits per heavy atom. The van der Waals surface area contributed by atoms with Crippen molar-refractivity contribution >= 4 is 0 Å². The number of methoxy groups -OCH3 is 1. The van der Waals surface area contributed by atoms with E-state index in [0.717, 1.165) is 5.75 Å². The summed E-state index contributed by atoms with van der Waals surface area (Å²) in [4.78, 5) is 0. The highest BCUT2D eigenvalue weighted by atomic mass is 16.5. The lowest BCUT2D eigenvalue weighted by Crippen LogP contribution is -1.86. The Labute approximate surface area is 108 Å². The third-order valence-corrected chi connectivity index (χ3v) is 3.84. The van der Waals surface area contributed by atoms with E-state index >= 15 is 0 Å². The molecule has 1 fully saturated rings. The fraction of sp³-hybridized carbons (Fsp3) is 0.294. The van der Waals surface area contributed by atoms with Crippen molar-refractivity contribution in [3.63, 3.8) is 0 Å². The van der Waals surface area contributed by atoms with Crippen molar-refractivity contribution in [1.82, 2.24) is 0 Å². The predicted octanol–water partition coefficient (Wildman–Crippen LogP) is 4.27. The van der Waals surface area contributed by atoms with Crippen LogP contribution in [0, 0.1) is 6.92 Å². The summed E-state index contributed by atoms with van der Waals surface area (Å²) in [6, 6.07) is 17.4. The standard InChI is InChI=1S/C17H18O/c1-12-3-5-13(6-4-12)16-11-17(16)14-7-9-15(18-2)10-8-14/h3-10,16-17H,11H2,1-2H3/t16-,17-/m1/s1. The van der Waals surface area contributed by atoms with Crippen molar-refractivity contribution < 1.29 is 4.74 Å². The second kappa shape index (κ2) is 4.49. The van der Waals surface area contributed by atoms with Gasteiger partial charge in [0.2, 0.25) is 0 Å². The molecule has 18 heavy (non-hydrogen) atoms. The van der Waals surface area contributed by atoms with Crippen molar-refractivity contribution in [2.24, 2.45) is 0 Å². The molecule has 0 aromatic heterocycles. The summed E-state index contributed by atoms with van der Waals surface area (Å²) >= 11 is 0. The quantitative estimate of drug-likeness (QED) is 0.775. The molecule has 0 spiro atoms. The number of rotatable bonds is 3. The van der Waals surface area contributed by atoms with Gasteiger partial charge in [0.05, 0.1) is 7.11 Å². The van der Waals surface area contributed by atoms with E-state index in [1.54, 1.807) is 7.11 Å². The first-order valence-electron chi connectivity index (χ1n) is 6.48. The topological polar surface area (TPSA) is 9.23 Å². The van der Waals surface area contributed by atoms with Gasteiger partial charge in [0, 0.05) is 0 Å². The molecule has 3 rings (SSSR count). The lowest BCUT2D eigenvalue weighted by molar-refractivity contribution is 0.414. The molecule has 0 saturated heterocycles. The zero-order valence-electron chi connectivity index (χ0n) is 10.9. The minimum absolute atomic E-state index is 0.693. The predicted molar refractivity (Wildman–Crippen MR) is 74.3 cm³/mol. The highest BCUT2D eigenvalue weighted by molar-refractivity contribution is 5.39. The van der Waals surface area contributed by atoms with Crippen LogP contribution < -0.4 is 4.74 Å². The highest BCUT2D eigenvalue weighted by Crippen LogP contribution is 2.54. The summed E-state index contributed by atoms with van der Waals surface area (Å²) < 4.78 is 5.19. The van der Waals surface area contributed by atoms with Crippen LogP contribution in [-0.4, -0.2) is 7.11 Å². The maximum atomic E-state index is 5.19. The van der Waals surface area contributed by atoms with Gasteiger partial charge in [-0.3, -0.25) is 0 Å². The van der Waals surface area contributed by atoms with Gasteiger partial charge < -0.3 is 4.74 Å². The first-order valence-corrected chi connectivity index (χ1v) is 6.48. The zero-order chi connectivity index (χ0) is 12.5. The third kappa shape index (κ3) is 2.13. The minimum Gasteiger partial charge on any atom is -0.497 e. The number of aryl methyl sites for hydroxylation is 1. The number of hydrogen-bond donors (Lipinski definition) is 0. The molecule has 1 nitrogen and oxygen atoms in total. The lowest BCUT2D eigenvalue weighted by Gasteiger charge is -2.04. The largest absolute Gasteiger partial charge is 0.497 e. The van der Waals surface area contributed by atoms with Crippen LogP contribution in [0.15, 0.2) is 48.5 Å². The first-order chi connectivity index (χ1) is 8.78. The van der Waals surface area contributed by atoms with E-state index in [1.165, 1.54) is 23.1 Å². The highest BCUT2D eigenvalue weighted by Gasteiger charge is 2.39. The molecule has 0 heterocycles. The molecule has 2 aromatic carbocycles. The van der Waals surface area contributed by atoms with Gasteiger partial charge in [0.25, 0.3) is 0 Å². The van der Waals surface area contributed by atoms with E-state index in [9.17, 15) is 0 Å². The lowest BCUT2D eigenvalue weighted by atomic mass is 10.0. The average molecular weight is 238 g/mol. The summed E-state index contributed by atoms with van der Waals surface area (Å²) in [5.74, 6) is 2.34. The van der Waals surface area contributed by atoms with Crippen molar-refractivity contribution in [2.75, 3.05) is 7.11 Å². The Morgan fingerprint density at radius 3 is 1.83 bits per heavy atom. The summed E-state index contributed by atoms with van der Waals surface area (Å²) in [6.07, 6.45) is 1.27. The van der Waals surface area contributed by atoms with E-state index in [2.05, 4.69) is 55.5 Å². The van der Waals surface area contributed by atoms with Gasteiger partial charge in [0.1, 0.15) is 5.75 Å². The molecular weight excluding hydrogens is 220 g/mol. The first kappa shape index (κ1) is 11.3. The summed E-state index contributed by atoms with van der Waals surface area (Å²) in [5.41, 5.74) is 4.24. The molecule has 0 unspecified atom stereocenters. The van der Waals surface area contributed by atoms with E-state index in [-0.39, 0.29) is 0 Å². The van der Waals surface area contributed by atoms with Crippen LogP contribution in [0.5, 0.6) is 5.75 Å². The van der Waals surface area contributed by atoms with Crippen molar-refractivity contribution in [1.29, 1.82) is 0 Å². The average Bonchev–Trinajstić information content (AvgIpc) is 3.20. The molecule has 1 aliphatic rings. The molecule has 1 heteroatoms. The molecule has 1 aliphatic carbocycles. The van der Waals surface area contributed by atoms with E-state index in [4.69, 9.17) is 4.74 Å². The zero-order valence-corrected chi connectivity index (χ0v) is 10.9. The molecule has 0 aliphatic heterocycles. The Balaban J connectivity index is 1.74. The Hall–Kier alpha value is -1.76. The van der Waals surface area contributed by atoms with Gasteiger partial charge in [-0.2, -0.15) is 0 Å². The van der Waals surface area contributed by atoms with Crippen LogP contribution in [-0.2, 0) is 0 Å². The fourth-order valence-electron chi connectivity index (χ4n) is 2.60. The van der Waals surface area contributed by atoms with Crippen LogP contribution in [0.25, 0.3) is 0 Å². The third-order valence-electron chi connectivity index (χ3n) is 3.84. The van der Waals surface area contributed by atoms with Crippen LogP contribution in [0.4, 0.5) is 0 Å². The Bertz CT molecular complexity index is 525. The van der Waals surface area contributed by atoms with E-state index in [1.807, 2.05) is 0 Å². The Kier molecular flexibility index (Phi) is 2.83. The molecule has 0 amide bonds. The Morgan fingerprint density at radius 2 is 1.33 bits per heavy atom. The van der Waals surface area contributed by atoms with Crippen LogP contribution in [0.3, 0.4) is 0 Å². The van der Waals surface area contributed by atoms with Crippen molar-refractivity contribution in [2.45, 2.75) is 25.2 Å². The van der Waals surface area contributed by atoms with Gasteiger partial charge in [-0.05, 0) is 48.4 Å². The van der Waals surface area contributed by atoms with Gasteiger partial charge in [-0.1, -0.05) is 42.0 Å². The van der Waals surface area contributed by atoms with Crippen LogP contribution >= 0.6 is 0 Å². The number of benzene rings is 2. The van der Waals surface area contributed by atoms with Crippen molar-refractivity contribution in [3.8, 4) is 5.75 Å². The molecule has 1 saturated carbocycles. The van der Waals surface area contributed by atoms with Gasteiger partial charge in [-0.25, -0.2) is 0 Å². The van der Waals surface area contributed by atoms with Gasteiger partial charge in [0.15, 0.2) is 0 Å². The van der Waals surface area contributed by atoms with Crippen molar-refractivity contribution in [3.05, 3.63) is 65.2 Å². The number of ether oxygens (including phenoxy) is 1. The monoisotopic (exact) mass is 238 g/mol. The fourth-order valence-corrected chi connectivity index (χ4v) is 2.60. The molecule has 0 N–H and O–H groups in total. The maximum Gasteiger partial charge on any atom is 0.118 e.